The molecule has 0 atom stereocenters. The number of amides is 1. The van der Waals surface area contributed by atoms with Crippen LogP contribution >= 0.6 is 28.3 Å². The minimum Gasteiger partial charge on any atom is -0.339 e. The molecule has 1 aromatic carbocycles. The van der Waals surface area contributed by atoms with Crippen LogP contribution in [0.5, 0.6) is 0 Å². The molecule has 1 aliphatic rings. The molecule has 0 aromatic heterocycles. The van der Waals surface area contributed by atoms with Gasteiger partial charge in [0.25, 0.3) is 5.91 Å². The van der Waals surface area contributed by atoms with Gasteiger partial charge < -0.3 is 10.2 Å². The fraction of sp³-hybridized carbons (Fsp3) is 0.533. The number of benzene rings is 1. The van der Waals surface area contributed by atoms with E-state index in [4.69, 9.17) is 0 Å². The Hall–Kier alpha value is -0.580. The normalized spacial score (nSPS) is 15.8. The quantitative estimate of drug-likeness (QED) is 0.892. The Labute approximate surface area is 135 Å². The van der Waals surface area contributed by atoms with Crippen molar-refractivity contribution in [1.82, 2.24) is 10.2 Å². The van der Waals surface area contributed by atoms with Crippen molar-refractivity contribution in [2.24, 2.45) is 5.92 Å². The predicted octanol–water partition coefficient (Wildman–Crippen LogP) is 3.33. The van der Waals surface area contributed by atoms with Gasteiger partial charge in [0, 0.05) is 17.6 Å². The van der Waals surface area contributed by atoms with E-state index >= 15 is 0 Å². The van der Waals surface area contributed by atoms with Gasteiger partial charge in [-0.25, -0.2) is 0 Å². The first kappa shape index (κ1) is 17.5. The first-order valence-corrected chi connectivity index (χ1v) is 7.76. The second kappa shape index (κ2) is 8.65. The SMILES string of the molecule is CCNCC1CCN(C(=O)c2ccccc2Br)CC1.Cl. The Balaban J connectivity index is 0.00000200. The predicted molar refractivity (Wildman–Crippen MR) is 88.6 cm³/mol. The Bertz CT molecular complexity index is 434. The molecule has 1 aliphatic heterocycles. The molecule has 3 nitrogen and oxygen atoms in total. The summed E-state index contributed by atoms with van der Waals surface area (Å²) in [4.78, 5) is 14.4. The van der Waals surface area contributed by atoms with Gasteiger partial charge in [-0.2, -0.15) is 0 Å². The highest BCUT2D eigenvalue weighted by Gasteiger charge is 2.24. The van der Waals surface area contributed by atoms with Gasteiger partial charge in [0.2, 0.25) is 0 Å². The molecule has 0 radical (unpaired) electrons. The van der Waals surface area contributed by atoms with Gasteiger partial charge in [0.1, 0.15) is 0 Å². The van der Waals surface area contributed by atoms with Crippen LogP contribution in [0, 0.1) is 5.92 Å². The zero-order chi connectivity index (χ0) is 13.7. The molecule has 1 amide bonds. The average molecular weight is 362 g/mol. The molecular weight excluding hydrogens is 340 g/mol. The maximum atomic E-state index is 12.4. The summed E-state index contributed by atoms with van der Waals surface area (Å²) in [5, 5.41) is 3.39. The van der Waals surface area contributed by atoms with Gasteiger partial charge in [-0.1, -0.05) is 19.1 Å². The summed E-state index contributed by atoms with van der Waals surface area (Å²) in [6, 6.07) is 7.65. The summed E-state index contributed by atoms with van der Waals surface area (Å²) in [6.45, 7) is 5.97. The third-order valence-corrected chi connectivity index (χ3v) is 4.38. The first-order chi connectivity index (χ1) is 9.22. The highest BCUT2D eigenvalue weighted by Crippen LogP contribution is 2.22. The molecule has 20 heavy (non-hydrogen) atoms. The molecule has 1 fully saturated rings. The monoisotopic (exact) mass is 360 g/mol. The molecule has 2 rings (SSSR count). The van der Waals surface area contributed by atoms with Crippen molar-refractivity contribution in [2.75, 3.05) is 26.2 Å². The van der Waals surface area contributed by atoms with Crippen LogP contribution in [0.4, 0.5) is 0 Å². The van der Waals surface area contributed by atoms with Crippen molar-refractivity contribution < 1.29 is 4.79 Å². The van der Waals surface area contributed by atoms with Gasteiger partial charge in [-0.3, -0.25) is 4.79 Å². The molecule has 0 unspecified atom stereocenters. The van der Waals surface area contributed by atoms with Gasteiger partial charge in [-0.15, -0.1) is 12.4 Å². The fourth-order valence-corrected chi connectivity index (χ4v) is 2.95. The summed E-state index contributed by atoms with van der Waals surface area (Å²) >= 11 is 3.45. The van der Waals surface area contributed by atoms with E-state index in [0.29, 0.717) is 5.92 Å². The van der Waals surface area contributed by atoms with E-state index in [1.807, 2.05) is 29.2 Å². The lowest BCUT2D eigenvalue weighted by Crippen LogP contribution is -2.40. The highest BCUT2D eigenvalue weighted by molar-refractivity contribution is 9.10. The molecule has 1 aromatic rings. The minimum atomic E-state index is 0. The van der Waals surface area contributed by atoms with Gasteiger partial charge in [0.15, 0.2) is 0 Å². The number of rotatable bonds is 4. The average Bonchev–Trinajstić information content (AvgIpc) is 2.45. The van der Waals surface area contributed by atoms with E-state index in [-0.39, 0.29) is 18.3 Å². The van der Waals surface area contributed by atoms with Gasteiger partial charge in [-0.05, 0) is 59.9 Å². The van der Waals surface area contributed by atoms with Crippen molar-refractivity contribution in [3.8, 4) is 0 Å². The number of likely N-dealkylation sites (tertiary alicyclic amines) is 1. The van der Waals surface area contributed by atoms with Crippen molar-refractivity contribution >= 4 is 34.2 Å². The van der Waals surface area contributed by atoms with Gasteiger partial charge in [0.05, 0.1) is 5.56 Å². The Morgan fingerprint density at radius 1 is 1.35 bits per heavy atom. The highest BCUT2D eigenvalue weighted by atomic mass is 79.9. The van der Waals surface area contributed by atoms with E-state index in [1.165, 1.54) is 0 Å². The Morgan fingerprint density at radius 2 is 2.00 bits per heavy atom. The fourth-order valence-electron chi connectivity index (χ4n) is 2.49. The molecular formula is C15H22BrClN2O. The first-order valence-electron chi connectivity index (χ1n) is 6.97. The maximum Gasteiger partial charge on any atom is 0.254 e. The van der Waals surface area contributed by atoms with Crippen LogP contribution in [-0.4, -0.2) is 37.0 Å². The number of halogens is 2. The van der Waals surface area contributed by atoms with E-state index in [2.05, 4.69) is 28.2 Å². The zero-order valence-corrected chi connectivity index (χ0v) is 14.2. The number of hydrogen-bond acceptors (Lipinski definition) is 2. The molecule has 0 bridgehead atoms. The summed E-state index contributed by atoms with van der Waals surface area (Å²) in [7, 11) is 0. The molecule has 1 heterocycles. The number of carbonyl (C=O) groups is 1. The van der Waals surface area contributed by atoms with Crippen molar-refractivity contribution in [3.05, 3.63) is 34.3 Å². The third kappa shape index (κ3) is 4.47. The lowest BCUT2D eigenvalue weighted by molar-refractivity contribution is 0.0689. The Kier molecular flexibility index (Phi) is 7.56. The van der Waals surface area contributed by atoms with Crippen LogP contribution in [0.25, 0.3) is 0 Å². The number of carbonyl (C=O) groups excluding carboxylic acids is 1. The molecule has 1 saturated heterocycles. The lowest BCUT2D eigenvalue weighted by Gasteiger charge is -2.32. The lowest BCUT2D eigenvalue weighted by atomic mass is 9.96. The summed E-state index contributed by atoms with van der Waals surface area (Å²) in [5.74, 6) is 0.859. The largest absolute Gasteiger partial charge is 0.339 e. The molecule has 0 spiro atoms. The van der Waals surface area contributed by atoms with Crippen molar-refractivity contribution in [1.29, 1.82) is 0 Å². The topological polar surface area (TPSA) is 32.3 Å². The van der Waals surface area contributed by atoms with E-state index in [9.17, 15) is 4.79 Å². The number of nitrogens with one attached hydrogen (secondary N) is 1. The standard InChI is InChI=1S/C15H21BrN2O.ClH/c1-2-17-11-12-7-9-18(10-8-12)15(19)13-5-3-4-6-14(13)16;/h3-6,12,17H,2,7-11H2,1H3;1H. The summed E-state index contributed by atoms with van der Waals surface area (Å²) < 4.78 is 0.884. The van der Waals surface area contributed by atoms with E-state index in [1.54, 1.807) is 0 Å². The molecule has 0 saturated carbocycles. The van der Waals surface area contributed by atoms with E-state index < -0.39 is 0 Å². The van der Waals surface area contributed by atoms with E-state index in [0.717, 1.165) is 49.1 Å². The summed E-state index contributed by atoms with van der Waals surface area (Å²) in [6.07, 6.45) is 2.20. The molecule has 1 N–H and O–H groups in total. The van der Waals surface area contributed by atoms with Crippen LogP contribution in [-0.2, 0) is 0 Å². The number of hydrogen-bond donors (Lipinski definition) is 1. The zero-order valence-electron chi connectivity index (χ0n) is 11.8. The van der Waals surface area contributed by atoms with Crippen molar-refractivity contribution in [3.63, 3.8) is 0 Å². The van der Waals surface area contributed by atoms with Crippen molar-refractivity contribution in [2.45, 2.75) is 19.8 Å². The molecule has 5 heteroatoms. The van der Waals surface area contributed by atoms with Gasteiger partial charge >= 0.3 is 0 Å². The van der Waals surface area contributed by atoms with Crippen LogP contribution in [0.2, 0.25) is 0 Å². The second-order valence-electron chi connectivity index (χ2n) is 5.02. The number of nitrogens with zero attached hydrogens (tertiary/aromatic N) is 1. The van der Waals surface area contributed by atoms with Crippen LogP contribution in [0.3, 0.4) is 0 Å². The van der Waals surface area contributed by atoms with Crippen LogP contribution < -0.4 is 5.32 Å². The maximum absolute atomic E-state index is 12.4. The smallest absolute Gasteiger partial charge is 0.254 e. The summed E-state index contributed by atoms with van der Waals surface area (Å²) in [5.41, 5.74) is 0.771. The minimum absolute atomic E-state index is 0. The molecule has 112 valence electrons. The Morgan fingerprint density at radius 3 is 2.60 bits per heavy atom. The van der Waals surface area contributed by atoms with Crippen LogP contribution in [0.15, 0.2) is 28.7 Å². The number of piperidine rings is 1. The van der Waals surface area contributed by atoms with Crippen LogP contribution in [0.1, 0.15) is 30.1 Å². The molecule has 0 aliphatic carbocycles. The third-order valence-electron chi connectivity index (χ3n) is 3.69. The second-order valence-corrected chi connectivity index (χ2v) is 5.88.